The van der Waals surface area contributed by atoms with Gasteiger partial charge in [-0.15, -0.1) is 6.58 Å². The number of likely N-dealkylation sites (N-methyl/N-ethyl adjacent to an activating group) is 1. The Morgan fingerprint density at radius 3 is 2.45 bits per heavy atom. The number of benzene rings is 2. The van der Waals surface area contributed by atoms with E-state index in [-0.39, 0.29) is 22.9 Å². The molecule has 1 fully saturated rings. The van der Waals surface area contributed by atoms with Crippen molar-refractivity contribution in [3.63, 3.8) is 0 Å². The molecule has 0 saturated carbocycles. The van der Waals surface area contributed by atoms with Crippen LogP contribution >= 0.6 is 0 Å². The van der Waals surface area contributed by atoms with Crippen LogP contribution < -0.4 is 14.9 Å². The van der Waals surface area contributed by atoms with Gasteiger partial charge in [-0.2, -0.15) is 0 Å². The molecule has 7 nitrogen and oxygen atoms in total. The second-order valence-corrected chi connectivity index (χ2v) is 8.73. The molecule has 0 radical (unpaired) electrons. The molecule has 154 valence electrons. The second kappa shape index (κ2) is 9.21. The average Bonchev–Trinajstić information content (AvgIpc) is 2.73. The summed E-state index contributed by atoms with van der Waals surface area (Å²) >= 11 is 0. The van der Waals surface area contributed by atoms with Gasteiger partial charge in [-0.3, -0.25) is 4.79 Å². The third-order valence-electron chi connectivity index (χ3n) is 4.82. The van der Waals surface area contributed by atoms with Gasteiger partial charge in [-0.05, 0) is 49.5 Å². The summed E-state index contributed by atoms with van der Waals surface area (Å²) in [6.07, 6.45) is 1.46. The first-order valence-electron chi connectivity index (χ1n) is 9.44. The van der Waals surface area contributed by atoms with Crippen LogP contribution in [0.2, 0.25) is 0 Å². The highest BCUT2D eigenvalue weighted by Crippen LogP contribution is 2.20. The SMILES string of the molecule is C=CCNS(=O)(=O)c1cccc(C(=O)Nc2ccc(N3CCN(C)CC3)cc2)c1. The van der Waals surface area contributed by atoms with Crippen molar-refractivity contribution in [1.82, 2.24) is 9.62 Å². The number of hydrogen-bond acceptors (Lipinski definition) is 5. The average molecular weight is 415 g/mol. The summed E-state index contributed by atoms with van der Waals surface area (Å²) < 4.78 is 26.9. The standard InChI is InChI=1S/C21H26N4O3S/c1-3-11-22-29(27,28)20-6-4-5-17(16-20)21(26)23-18-7-9-19(10-8-18)25-14-12-24(2)13-15-25/h3-10,16,22H,1,11-15H2,2H3,(H,23,26). The normalized spacial score (nSPS) is 15.1. The fourth-order valence-electron chi connectivity index (χ4n) is 3.08. The number of anilines is 2. The number of hydrogen-bond donors (Lipinski definition) is 2. The van der Waals surface area contributed by atoms with E-state index in [2.05, 4.69) is 33.5 Å². The van der Waals surface area contributed by atoms with Gasteiger partial charge in [0.05, 0.1) is 4.90 Å². The minimum absolute atomic E-state index is 0.0393. The van der Waals surface area contributed by atoms with Crippen LogP contribution in [0.3, 0.4) is 0 Å². The molecule has 1 aliphatic heterocycles. The third kappa shape index (κ3) is 5.44. The van der Waals surface area contributed by atoms with E-state index in [1.54, 1.807) is 12.1 Å². The molecule has 0 spiro atoms. The van der Waals surface area contributed by atoms with E-state index in [1.165, 1.54) is 18.2 Å². The van der Waals surface area contributed by atoms with Crippen LogP contribution in [0.25, 0.3) is 0 Å². The summed E-state index contributed by atoms with van der Waals surface area (Å²) in [4.78, 5) is 17.2. The van der Waals surface area contributed by atoms with Crippen LogP contribution in [0.1, 0.15) is 10.4 Å². The van der Waals surface area contributed by atoms with Crippen LogP contribution in [0, 0.1) is 0 Å². The van der Waals surface area contributed by atoms with Crippen molar-refractivity contribution in [2.45, 2.75) is 4.90 Å². The van der Waals surface area contributed by atoms with Crippen LogP contribution in [-0.2, 0) is 10.0 Å². The Hall–Kier alpha value is -2.68. The summed E-state index contributed by atoms with van der Waals surface area (Å²) in [5, 5.41) is 2.82. The number of piperazine rings is 1. The lowest BCUT2D eigenvalue weighted by molar-refractivity contribution is 0.102. The molecule has 0 bridgehead atoms. The van der Waals surface area contributed by atoms with E-state index in [4.69, 9.17) is 0 Å². The Labute approximate surface area is 172 Å². The second-order valence-electron chi connectivity index (χ2n) is 6.96. The fourth-order valence-corrected chi connectivity index (χ4v) is 4.12. The Balaban J connectivity index is 1.67. The maximum absolute atomic E-state index is 12.6. The van der Waals surface area contributed by atoms with E-state index in [1.807, 2.05) is 24.3 Å². The van der Waals surface area contributed by atoms with Gasteiger partial charge in [-0.25, -0.2) is 13.1 Å². The zero-order valence-corrected chi connectivity index (χ0v) is 17.3. The van der Waals surface area contributed by atoms with E-state index in [0.29, 0.717) is 5.69 Å². The lowest BCUT2D eigenvalue weighted by atomic mass is 10.2. The van der Waals surface area contributed by atoms with Crippen molar-refractivity contribution in [2.75, 3.05) is 50.0 Å². The van der Waals surface area contributed by atoms with E-state index in [0.717, 1.165) is 31.9 Å². The summed E-state index contributed by atoms with van der Waals surface area (Å²) in [5.74, 6) is -0.363. The molecular formula is C21H26N4O3S. The largest absolute Gasteiger partial charge is 0.369 e. The summed E-state index contributed by atoms with van der Waals surface area (Å²) in [6.45, 7) is 7.62. The molecule has 1 saturated heterocycles. The first-order chi connectivity index (χ1) is 13.9. The van der Waals surface area contributed by atoms with Gasteiger partial charge in [0.15, 0.2) is 0 Å². The lowest BCUT2D eigenvalue weighted by Gasteiger charge is -2.34. The zero-order chi connectivity index (χ0) is 20.9. The number of carbonyl (C=O) groups excluding carboxylic acids is 1. The molecule has 2 N–H and O–H groups in total. The molecule has 2 aromatic carbocycles. The van der Waals surface area contributed by atoms with Crippen molar-refractivity contribution in [2.24, 2.45) is 0 Å². The third-order valence-corrected chi connectivity index (χ3v) is 6.24. The molecule has 3 rings (SSSR count). The molecule has 1 heterocycles. The molecule has 0 atom stereocenters. The highest BCUT2D eigenvalue weighted by molar-refractivity contribution is 7.89. The number of amides is 1. The number of carbonyl (C=O) groups is 1. The summed E-state index contributed by atoms with van der Waals surface area (Å²) in [5.41, 5.74) is 2.05. The first-order valence-corrected chi connectivity index (χ1v) is 10.9. The van der Waals surface area contributed by atoms with Crippen molar-refractivity contribution < 1.29 is 13.2 Å². The fraction of sp³-hybridized carbons (Fsp3) is 0.286. The predicted octanol–water partition coefficient (Wildman–Crippen LogP) is 2.16. The molecule has 2 aromatic rings. The zero-order valence-electron chi connectivity index (χ0n) is 16.5. The van der Waals surface area contributed by atoms with Gasteiger partial charge < -0.3 is 15.1 Å². The van der Waals surface area contributed by atoms with Gasteiger partial charge in [0, 0.05) is 49.7 Å². The van der Waals surface area contributed by atoms with E-state index >= 15 is 0 Å². The molecule has 8 heteroatoms. The lowest BCUT2D eigenvalue weighted by Crippen LogP contribution is -2.44. The Morgan fingerprint density at radius 1 is 1.10 bits per heavy atom. The van der Waals surface area contributed by atoms with Gasteiger partial charge >= 0.3 is 0 Å². The van der Waals surface area contributed by atoms with Crippen molar-refractivity contribution in [3.8, 4) is 0 Å². The van der Waals surface area contributed by atoms with Crippen LogP contribution in [0.15, 0.2) is 66.1 Å². The minimum Gasteiger partial charge on any atom is -0.369 e. The Kier molecular flexibility index (Phi) is 6.68. The quantitative estimate of drug-likeness (QED) is 0.679. The maximum atomic E-state index is 12.6. The highest BCUT2D eigenvalue weighted by atomic mass is 32.2. The molecule has 0 aliphatic carbocycles. The number of nitrogens with zero attached hydrogens (tertiary/aromatic N) is 2. The first kappa shape index (κ1) is 21.0. The molecular weight excluding hydrogens is 388 g/mol. The van der Waals surface area contributed by atoms with Crippen LogP contribution in [0.5, 0.6) is 0 Å². The smallest absolute Gasteiger partial charge is 0.255 e. The van der Waals surface area contributed by atoms with Gasteiger partial charge in [0.25, 0.3) is 5.91 Å². The van der Waals surface area contributed by atoms with Gasteiger partial charge in [0.1, 0.15) is 0 Å². The molecule has 1 aliphatic rings. The van der Waals surface area contributed by atoms with Gasteiger partial charge in [-0.1, -0.05) is 12.1 Å². The summed E-state index contributed by atoms with van der Waals surface area (Å²) in [7, 11) is -1.57. The molecule has 0 aromatic heterocycles. The van der Waals surface area contributed by atoms with Gasteiger partial charge in [0.2, 0.25) is 10.0 Å². The van der Waals surface area contributed by atoms with Crippen LogP contribution in [0.4, 0.5) is 11.4 Å². The molecule has 29 heavy (non-hydrogen) atoms. The topological polar surface area (TPSA) is 81.7 Å². The van der Waals surface area contributed by atoms with E-state index in [9.17, 15) is 13.2 Å². The predicted molar refractivity (Wildman–Crippen MR) is 116 cm³/mol. The van der Waals surface area contributed by atoms with Crippen molar-refractivity contribution >= 4 is 27.3 Å². The Morgan fingerprint density at radius 2 is 1.79 bits per heavy atom. The molecule has 0 unspecified atom stereocenters. The number of rotatable bonds is 7. The van der Waals surface area contributed by atoms with Crippen molar-refractivity contribution in [1.29, 1.82) is 0 Å². The van der Waals surface area contributed by atoms with Crippen molar-refractivity contribution in [3.05, 3.63) is 66.7 Å². The molecule has 1 amide bonds. The summed E-state index contributed by atoms with van der Waals surface area (Å²) in [6, 6.07) is 13.6. The monoisotopic (exact) mass is 414 g/mol. The highest BCUT2D eigenvalue weighted by Gasteiger charge is 2.16. The Bertz CT molecular complexity index is 966. The van der Waals surface area contributed by atoms with E-state index < -0.39 is 10.0 Å². The maximum Gasteiger partial charge on any atom is 0.255 e. The van der Waals surface area contributed by atoms with Crippen LogP contribution in [-0.4, -0.2) is 59.0 Å². The number of nitrogens with one attached hydrogen (secondary N) is 2. The minimum atomic E-state index is -3.68. The number of sulfonamides is 1.